The normalized spacial score (nSPS) is 16.6. The first-order valence-electron chi connectivity index (χ1n) is 9.91. The molecule has 1 heterocycles. The molecule has 0 saturated carbocycles. The Morgan fingerprint density at radius 1 is 1.18 bits per heavy atom. The Hall–Kier alpha value is -2.27. The second-order valence-corrected chi connectivity index (χ2v) is 8.64. The topological polar surface area (TPSA) is 49.4 Å². The van der Waals surface area contributed by atoms with Gasteiger partial charge in [0.2, 0.25) is 11.8 Å². The number of anilines is 2. The SMILES string of the molecule is CCCc1ccccc1N1C(=O)CS[C@@H]1c1ccc(NC(=O)CC(C)C)cc1. The van der Waals surface area contributed by atoms with Gasteiger partial charge in [-0.1, -0.05) is 57.5 Å². The van der Waals surface area contributed by atoms with E-state index >= 15 is 0 Å². The minimum atomic E-state index is -0.0362. The number of para-hydroxylation sites is 1. The maximum absolute atomic E-state index is 12.7. The van der Waals surface area contributed by atoms with E-state index in [1.165, 1.54) is 5.56 Å². The van der Waals surface area contributed by atoms with Gasteiger partial charge in [-0.2, -0.15) is 0 Å². The highest BCUT2D eigenvalue weighted by atomic mass is 32.2. The predicted molar refractivity (Wildman–Crippen MR) is 118 cm³/mol. The van der Waals surface area contributed by atoms with Gasteiger partial charge in [-0.05, 0) is 41.7 Å². The van der Waals surface area contributed by atoms with E-state index in [0.717, 1.165) is 29.8 Å². The molecule has 28 heavy (non-hydrogen) atoms. The van der Waals surface area contributed by atoms with Gasteiger partial charge in [-0.25, -0.2) is 0 Å². The van der Waals surface area contributed by atoms with E-state index in [4.69, 9.17) is 0 Å². The van der Waals surface area contributed by atoms with Gasteiger partial charge < -0.3 is 5.32 Å². The lowest BCUT2D eigenvalue weighted by Crippen LogP contribution is -2.28. The van der Waals surface area contributed by atoms with E-state index in [0.29, 0.717) is 18.1 Å². The highest BCUT2D eigenvalue weighted by Crippen LogP contribution is 2.43. The molecule has 0 aromatic heterocycles. The van der Waals surface area contributed by atoms with Crippen LogP contribution >= 0.6 is 11.8 Å². The van der Waals surface area contributed by atoms with Crippen molar-refractivity contribution in [2.45, 2.75) is 45.4 Å². The Labute approximate surface area is 171 Å². The quantitative estimate of drug-likeness (QED) is 0.681. The zero-order chi connectivity index (χ0) is 20.1. The van der Waals surface area contributed by atoms with Crippen LogP contribution in [0.15, 0.2) is 48.5 Å². The van der Waals surface area contributed by atoms with Crippen molar-refractivity contribution in [2.75, 3.05) is 16.0 Å². The lowest BCUT2D eigenvalue weighted by Gasteiger charge is -2.26. The number of hydrogen-bond acceptors (Lipinski definition) is 3. The molecule has 1 saturated heterocycles. The third-order valence-electron chi connectivity index (χ3n) is 4.71. The van der Waals surface area contributed by atoms with Crippen LogP contribution in [-0.2, 0) is 16.0 Å². The van der Waals surface area contributed by atoms with Gasteiger partial charge in [0.05, 0.1) is 5.75 Å². The average molecular weight is 397 g/mol. The minimum absolute atomic E-state index is 0.0308. The monoisotopic (exact) mass is 396 g/mol. The standard InChI is InChI=1S/C23H28N2O2S/c1-4-7-17-8-5-6-9-20(17)25-22(27)15-28-23(25)18-10-12-19(13-11-18)24-21(26)14-16(2)3/h5-6,8-13,16,23H,4,7,14-15H2,1-3H3,(H,24,26)/t23-/m1/s1. The summed E-state index contributed by atoms with van der Waals surface area (Å²) in [5.41, 5.74) is 4.09. The number of carbonyl (C=O) groups excluding carboxylic acids is 2. The largest absolute Gasteiger partial charge is 0.326 e. The molecule has 1 N–H and O–H groups in total. The number of hydrogen-bond donors (Lipinski definition) is 1. The van der Waals surface area contributed by atoms with Crippen molar-refractivity contribution in [2.24, 2.45) is 5.92 Å². The Kier molecular flexibility index (Phi) is 6.79. The maximum Gasteiger partial charge on any atom is 0.238 e. The van der Waals surface area contributed by atoms with Crippen LogP contribution in [0.3, 0.4) is 0 Å². The lowest BCUT2D eigenvalue weighted by molar-refractivity contribution is -0.117. The van der Waals surface area contributed by atoms with E-state index < -0.39 is 0 Å². The zero-order valence-electron chi connectivity index (χ0n) is 16.8. The molecule has 0 spiro atoms. The fourth-order valence-electron chi connectivity index (χ4n) is 3.47. The third kappa shape index (κ3) is 4.76. The summed E-state index contributed by atoms with van der Waals surface area (Å²) >= 11 is 1.65. The molecule has 1 atom stereocenters. The molecule has 5 heteroatoms. The molecule has 3 rings (SSSR count). The molecule has 1 aliphatic heterocycles. The summed E-state index contributed by atoms with van der Waals surface area (Å²) in [5, 5.41) is 2.91. The van der Waals surface area contributed by atoms with Crippen molar-refractivity contribution >= 4 is 35.0 Å². The van der Waals surface area contributed by atoms with Crippen molar-refractivity contribution in [3.05, 3.63) is 59.7 Å². The van der Waals surface area contributed by atoms with Crippen LogP contribution in [0.2, 0.25) is 0 Å². The third-order valence-corrected chi connectivity index (χ3v) is 5.92. The van der Waals surface area contributed by atoms with Gasteiger partial charge in [-0.3, -0.25) is 14.5 Å². The Morgan fingerprint density at radius 2 is 1.89 bits per heavy atom. The molecule has 0 aliphatic carbocycles. The molecule has 0 unspecified atom stereocenters. The molecule has 1 fully saturated rings. The summed E-state index contributed by atoms with van der Waals surface area (Å²) < 4.78 is 0. The van der Waals surface area contributed by atoms with Crippen LogP contribution in [0.25, 0.3) is 0 Å². The Bertz CT molecular complexity index is 833. The van der Waals surface area contributed by atoms with Crippen LogP contribution < -0.4 is 10.2 Å². The molecule has 148 valence electrons. The molecular formula is C23H28N2O2S. The molecule has 4 nitrogen and oxygen atoms in total. The summed E-state index contributed by atoms with van der Waals surface area (Å²) in [6, 6.07) is 16.1. The highest BCUT2D eigenvalue weighted by molar-refractivity contribution is 8.00. The average Bonchev–Trinajstić information content (AvgIpc) is 3.04. The van der Waals surface area contributed by atoms with Crippen LogP contribution in [0.4, 0.5) is 11.4 Å². The highest BCUT2D eigenvalue weighted by Gasteiger charge is 2.34. The van der Waals surface area contributed by atoms with Crippen LogP contribution in [0, 0.1) is 5.92 Å². The molecule has 2 aromatic carbocycles. The summed E-state index contributed by atoms with van der Waals surface area (Å²) in [7, 11) is 0. The predicted octanol–water partition coefficient (Wildman–Crippen LogP) is 5.40. The first-order valence-corrected chi connectivity index (χ1v) is 11.0. The number of thioether (sulfide) groups is 1. The van der Waals surface area contributed by atoms with Crippen molar-refractivity contribution < 1.29 is 9.59 Å². The Balaban J connectivity index is 1.81. The van der Waals surface area contributed by atoms with E-state index in [9.17, 15) is 9.59 Å². The number of aryl methyl sites for hydroxylation is 1. The van der Waals surface area contributed by atoms with E-state index in [-0.39, 0.29) is 17.2 Å². The zero-order valence-corrected chi connectivity index (χ0v) is 17.6. The minimum Gasteiger partial charge on any atom is -0.326 e. The number of nitrogens with zero attached hydrogens (tertiary/aromatic N) is 1. The second-order valence-electron chi connectivity index (χ2n) is 7.57. The fourth-order valence-corrected chi connectivity index (χ4v) is 4.64. The Morgan fingerprint density at radius 3 is 2.57 bits per heavy atom. The van der Waals surface area contributed by atoms with Gasteiger partial charge in [0.25, 0.3) is 0 Å². The van der Waals surface area contributed by atoms with Gasteiger partial charge in [0.1, 0.15) is 5.37 Å². The smallest absolute Gasteiger partial charge is 0.238 e. The molecular weight excluding hydrogens is 368 g/mol. The fraction of sp³-hybridized carbons (Fsp3) is 0.391. The van der Waals surface area contributed by atoms with Gasteiger partial charge in [0.15, 0.2) is 0 Å². The van der Waals surface area contributed by atoms with Gasteiger partial charge >= 0.3 is 0 Å². The van der Waals surface area contributed by atoms with E-state index in [1.54, 1.807) is 11.8 Å². The van der Waals surface area contributed by atoms with Gasteiger partial charge in [-0.15, -0.1) is 11.8 Å². The van der Waals surface area contributed by atoms with Crippen LogP contribution in [0.1, 0.15) is 50.1 Å². The number of amides is 2. The van der Waals surface area contributed by atoms with Crippen molar-refractivity contribution in [1.82, 2.24) is 0 Å². The first kappa shape index (κ1) is 20.5. The van der Waals surface area contributed by atoms with E-state index in [2.05, 4.69) is 18.3 Å². The number of benzene rings is 2. The van der Waals surface area contributed by atoms with Crippen LogP contribution in [-0.4, -0.2) is 17.6 Å². The van der Waals surface area contributed by atoms with Crippen LogP contribution in [0.5, 0.6) is 0 Å². The van der Waals surface area contributed by atoms with Crippen molar-refractivity contribution in [1.29, 1.82) is 0 Å². The first-order chi connectivity index (χ1) is 13.5. The summed E-state index contributed by atoms with van der Waals surface area (Å²) in [6.07, 6.45) is 2.51. The van der Waals surface area contributed by atoms with Gasteiger partial charge in [0, 0.05) is 17.8 Å². The summed E-state index contributed by atoms with van der Waals surface area (Å²) in [5.74, 6) is 0.992. The number of rotatable bonds is 7. The molecule has 0 bridgehead atoms. The maximum atomic E-state index is 12.7. The number of carbonyl (C=O) groups is 2. The lowest BCUT2D eigenvalue weighted by atomic mass is 10.1. The summed E-state index contributed by atoms with van der Waals surface area (Å²) in [4.78, 5) is 26.6. The molecule has 0 radical (unpaired) electrons. The second kappa shape index (κ2) is 9.28. The van der Waals surface area contributed by atoms with Crippen molar-refractivity contribution in [3.8, 4) is 0 Å². The molecule has 1 aliphatic rings. The number of nitrogens with one attached hydrogen (secondary N) is 1. The molecule has 2 amide bonds. The molecule has 2 aromatic rings. The summed E-state index contributed by atoms with van der Waals surface area (Å²) in [6.45, 7) is 6.21. The van der Waals surface area contributed by atoms with E-state index in [1.807, 2.05) is 61.2 Å². The van der Waals surface area contributed by atoms with Crippen molar-refractivity contribution in [3.63, 3.8) is 0 Å².